The molecule has 0 unspecified atom stereocenters. The van der Waals surface area contributed by atoms with Crippen LogP contribution < -0.4 is 5.73 Å². The molecule has 6 heteroatoms. The number of piperidine rings is 1. The van der Waals surface area contributed by atoms with Crippen molar-refractivity contribution < 1.29 is 9.18 Å². The van der Waals surface area contributed by atoms with Crippen molar-refractivity contribution in [3.05, 3.63) is 29.8 Å². The van der Waals surface area contributed by atoms with Crippen LogP contribution in [0.4, 0.5) is 4.39 Å². The molecule has 3 N–H and O–H groups in total. The van der Waals surface area contributed by atoms with Gasteiger partial charge in [-0.05, 0) is 31.9 Å². The van der Waals surface area contributed by atoms with Crippen molar-refractivity contribution in [2.45, 2.75) is 32.4 Å². The predicted molar refractivity (Wildman–Crippen MR) is 77.8 cm³/mol. The SMILES string of the molecule is C[C@@H]1CC[C@@H](C(N)=O)CN1Cc1nc2c(F)cccc2[nH]1. The van der Waals surface area contributed by atoms with Gasteiger partial charge in [0.1, 0.15) is 11.3 Å². The Labute approximate surface area is 122 Å². The fourth-order valence-corrected chi connectivity index (χ4v) is 2.95. The molecule has 1 saturated heterocycles. The van der Waals surface area contributed by atoms with Crippen molar-refractivity contribution in [1.29, 1.82) is 0 Å². The lowest BCUT2D eigenvalue weighted by Gasteiger charge is -2.36. The van der Waals surface area contributed by atoms with Gasteiger partial charge in [-0.25, -0.2) is 9.37 Å². The highest BCUT2D eigenvalue weighted by Gasteiger charge is 2.29. The third kappa shape index (κ3) is 2.76. The smallest absolute Gasteiger partial charge is 0.221 e. The Kier molecular flexibility index (Phi) is 3.63. The van der Waals surface area contributed by atoms with Gasteiger partial charge in [0, 0.05) is 12.6 Å². The van der Waals surface area contributed by atoms with E-state index in [0.717, 1.165) is 12.8 Å². The molecule has 1 amide bonds. The maximum atomic E-state index is 13.7. The zero-order chi connectivity index (χ0) is 15.0. The van der Waals surface area contributed by atoms with E-state index in [9.17, 15) is 9.18 Å². The van der Waals surface area contributed by atoms with Gasteiger partial charge in [-0.3, -0.25) is 9.69 Å². The number of imidazole rings is 1. The molecule has 0 radical (unpaired) electrons. The summed E-state index contributed by atoms with van der Waals surface area (Å²) in [7, 11) is 0. The van der Waals surface area contributed by atoms with E-state index in [2.05, 4.69) is 21.8 Å². The molecule has 0 spiro atoms. The van der Waals surface area contributed by atoms with Gasteiger partial charge < -0.3 is 10.7 Å². The number of amides is 1. The Morgan fingerprint density at radius 1 is 1.52 bits per heavy atom. The average Bonchev–Trinajstić information content (AvgIpc) is 2.85. The minimum absolute atomic E-state index is 0.109. The number of likely N-dealkylation sites (tertiary alicyclic amines) is 1. The number of H-pyrrole nitrogens is 1. The number of hydrogen-bond acceptors (Lipinski definition) is 3. The molecule has 2 aromatic rings. The van der Waals surface area contributed by atoms with Crippen LogP contribution in [0.3, 0.4) is 0 Å². The molecule has 1 aliphatic rings. The molecule has 1 aromatic heterocycles. The molecule has 0 aliphatic carbocycles. The minimum atomic E-state index is -0.322. The van der Waals surface area contributed by atoms with Crippen molar-refractivity contribution in [3.8, 4) is 0 Å². The first-order valence-electron chi connectivity index (χ1n) is 7.21. The normalized spacial score (nSPS) is 23.5. The number of rotatable bonds is 3. The largest absolute Gasteiger partial charge is 0.369 e. The number of nitrogens with zero attached hydrogens (tertiary/aromatic N) is 2. The second-order valence-corrected chi connectivity index (χ2v) is 5.77. The van der Waals surface area contributed by atoms with Crippen molar-refractivity contribution in [2.75, 3.05) is 6.54 Å². The zero-order valence-corrected chi connectivity index (χ0v) is 12.0. The first kappa shape index (κ1) is 14.0. The monoisotopic (exact) mass is 290 g/mol. The second kappa shape index (κ2) is 5.44. The van der Waals surface area contributed by atoms with Crippen molar-refractivity contribution in [3.63, 3.8) is 0 Å². The summed E-state index contributed by atoms with van der Waals surface area (Å²) >= 11 is 0. The minimum Gasteiger partial charge on any atom is -0.369 e. The fourth-order valence-electron chi connectivity index (χ4n) is 2.95. The van der Waals surface area contributed by atoms with E-state index in [4.69, 9.17) is 5.73 Å². The summed E-state index contributed by atoms with van der Waals surface area (Å²) < 4.78 is 13.7. The molecule has 2 atom stereocenters. The number of hydrogen-bond donors (Lipinski definition) is 2. The second-order valence-electron chi connectivity index (χ2n) is 5.77. The molecule has 112 valence electrons. The van der Waals surface area contributed by atoms with Crippen LogP contribution >= 0.6 is 0 Å². The van der Waals surface area contributed by atoms with Crippen LogP contribution in [0.25, 0.3) is 11.0 Å². The van der Waals surface area contributed by atoms with E-state index < -0.39 is 0 Å². The van der Waals surface area contributed by atoms with Crippen LogP contribution in [-0.4, -0.2) is 33.4 Å². The molecular weight excluding hydrogens is 271 g/mol. The van der Waals surface area contributed by atoms with Gasteiger partial charge in [0.05, 0.1) is 18.0 Å². The predicted octanol–water partition coefficient (Wildman–Crippen LogP) is 1.79. The number of para-hydroxylation sites is 1. The highest BCUT2D eigenvalue weighted by atomic mass is 19.1. The first-order valence-corrected chi connectivity index (χ1v) is 7.21. The number of halogens is 1. The maximum absolute atomic E-state index is 13.7. The number of carbonyl (C=O) groups excluding carboxylic acids is 1. The lowest BCUT2D eigenvalue weighted by atomic mass is 9.93. The van der Waals surface area contributed by atoms with Gasteiger partial charge in [0.25, 0.3) is 0 Å². The number of fused-ring (bicyclic) bond motifs is 1. The van der Waals surface area contributed by atoms with Crippen LogP contribution in [0, 0.1) is 11.7 Å². The first-order chi connectivity index (χ1) is 10.0. The molecule has 0 saturated carbocycles. The van der Waals surface area contributed by atoms with Gasteiger partial charge in [-0.15, -0.1) is 0 Å². The van der Waals surface area contributed by atoms with Crippen LogP contribution in [0.2, 0.25) is 0 Å². The van der Waals surface area contributed by atoms with E-state index in [-0.39, 0.29) is 17.6 Å². The summed E-state index contributed by atoms with van der Waals surface area (Å²) in [6, 6.07) is 5.23. The molecule has 2 heterocycles. The molecule has 3 rings (SSSR count). The molecule has 1 aliphatic heterocycles. The third-order valence-electron chi connectivity index (χ3n) is 4.28. The van der Waals surface area contributed by atoms with E-state index in [0.29, 0.717) is 36.0 Å². The number of nitrogens with two attached hydrogens (primary N) is 1. The quantitative estimate of drug-likeness (QED) is 0.905. The number of benzene rings is 1. The summed E-state index contributed by atoms with van der Waals surface area (Å²) in [4.78, 5) is 21.0. The summed E-state index contributed by atoms with van der Waals surface area (Å²) in [6.45, 7) is 3.33. The number of carbonyl (C=O) groups is 1. The van der Waals surface area contributed by atoms with Crippen LogP contribution in [0.15, 0.2) is 18.2 Å². The Bertz CT molecular complexity index is 669. The number of aromatic nitrogens is 2. The van der Waals surface area contributed by atoms with Gasteiger partial charge in [-0.2, -0.15) is 0 Å². The highest BCUT2D eigenvalue weighted by Crippen LogP contribution is 2.24. The summed E-state index contributed by atoms with van der Waals surface area (Å²) in [6.07, 6.45) is 1.77. The van der Waals surface area contributed by atoms with E-state index in [1.807, 2.05) is 0 Å². The summed E-state index contributed by atoms with van der Waals surface area (Å²) in [5.74, 6) is 0.0358. The van der Waals surface area contributed by atoms with Crippen LogP contribution in [-0.2, 0) is 11.3 Å². The zero-order valence-electron chi connectivity index (χ0n) is 12.0. The van der Waals surface area contributed by atoms with E-state index in [1.165, 1.54) is 6.07 Å². The lowest BCUT2D eigenvalue weighted by molar-refractivity contribution is -0.124. The van der Waals surface area contributed by atoms with Crippen molar-refractivity contribution in [2.24, 2.45) is 11.7 Å². The van der Waals surface area contributed by atoms with E-state index >= 15 is 0 Å². The lowest BCUT2D eigenvalue weighted by Crippen LogP contribution is -2.45. The number of aromatic amines is 1. The van der Waals surface area contributed by atoms with Crippen molar-refractivity contribution >= 4 is 16.9 Å². The summed E-state index contributed by atoms with van der Waals surface area (Å²) in [5.41, 5.74) is 6.47. The number of nitrogens with one attached hydrogen (secondary N) is 1. The Hall–Kier alpha value is -1.95. The number of primary amides is 1. The molecule has 1 fully saturated rings. The highest BCUT2D eigenvalue weighted by molar-refractivity contribution is 5.77. The third-order valence-corrected chi connectivity index (χ3v) is 4.28. The molecule has 0 bridgehead atoms. The van der Waals surface area contributed by atoms with E-state index in [1.54, 1.807) is 12.1 Å². The molecule has 1 aromatic carbocycles. The average molecular weight is 290 g/mol. The summed E-state index contributed by atoms with van der Waals surface area (Å²) in [5, 5.41) is 0. The van der Waals surface area contributed by atoms with Gasteiger partial charge in [0.2, 0.25) is 5.91 Å². The fraction of sp³-hybridized carbons (Fsp3) is 0.467. The topological polar surface area (TPSA) is 75.0 Å². The van der Waals surface area contributed by atoms with Gasteiger partial charge >= 0.3 is 0 Å². The van der Waals surface area contributed by atoms with Gasteiger partial charge in [0.15, 0.2) is 5.82 Å². The van der Waals surface area contributed by atoms with Crippen molar-refractivity contribution in [1.82, 2.24) is 14.9 Å². The molecule has 5 nitrogen and oxygen atoms in total. The molecule has 21 heavy (non-hydrogen) atoms. The van der Waals surface area contributed by atoms with Crippen LogP contribution in [0.1, 0.15) is 25.6 Å². The Morgan fingerprint density at radius 3 is 3.05 bits per heavy atom. The van der Waals surface area contributed by atoms with Crippen LogP contribution in [0.5, 0.6) is 0 Å². The molecular formula is C15H19FN4O. The Morgan fingerprint density at radius 2 is 2.33 bits per heavy atom. The Balaban J connectivity index is 1.80. The maximum Gasteiger partial charge on any atom is 0.221 e. The van der Waals surface area contributed by atoms with Gasteiger partial charge in [-0.1, -0.05) is 6.07 Å². The standard InChI is InChI=1S/C15H19FN4O/c1-9-5-6-10(15(17)21)7-20(9)8-13-18-12-4-2-3-11(16)14(12)19-13/h2-4,9-10H,5-8H2,1H3,(H2,17,21)(H,18,19)/t9-,10-/m1/s1.